The van der Waals surface area contributed by atoms with E-state index < -0.39 is 0 Å². The van der Waals surface area contributed by atoms with Gasteiger partial charge < -0.3 is 10.6 Å². The lowest BCUT2D eigenvalue weighted by Gasteiger charge is -2.30. The molecule has 0 saturated carbocycles. The molecule has 4 heteroatoms. The molecule has 1 amide bonds. The topological polar surface area (TPSA) is 41.1 Å². The number of hydrogen-bond donors (Lipinski definition) is 2. The Morgan fingerprint density at radius 1 is 1.32 bits per heavy atom. The van der Waals surface area contributed by atoms with E-state index in [4.69, 9.17) is 0 Å². The number of amides is 1. The minimum Gasteiger partial charge on any atom is -0.381 e. The second kappa shape index (κ2) is 6.85. The quantitative estimate of drug-likeness (QED) is 0.881. The predicted molar refractivity (Wildman–Crippen MR) is 83.9 cm³/mol. The molecule has 1 aliphatic heterocycles. The van der Waals surface area contributed by atoms with Gasteiger partial charge in [0.15, 0.2) is 0 Å². The normalized spacial score (nSPS) is 22.8. The average Bonchev–Trinajstić information content (AvgIpc) is 2.43. The van der Waals surface area contributed by atoms with Gasteiger partial charge in [0, 0.05) is 29.1 Å². The van der Waals surface area contributed by atoms with Crippen molar-refractivity contribution in [3.05, 3.63) is 24.3 Å². The third-order valence-electron chi connectivity index (χ3n) is 3.45. The highest BCUT2D eigenvalue weighted by atomic mass is 32.2. The number of anilines is 2. The summed E-state index contributed by atoms with van der Waals surface area (Å²) in [5.74, 6) is 1.33. The van der Waals surface area contributed by atoms with Crippen LogP contribution >= 0.6 is 11.8 Å². The lowest BCUT2D eigenvalue weighted by atomic mass is 10.1. The summed E-state index contributed by atoms with van der Waals surface area (Å²) in [4.78, 5) is 11.3. The first-order valence-corrected chi connectivity index (χ1v) is 8.02. The van der Waals surface area contributed by atoms with E-state index in [0.29, 0.717) is 17.7 Å². The molecule has 0 aliphatic carbocycles. The number of nitrogens with one attached hydrogen (secondary N) is 2. The van der Waals surface area contributed by atoms with Gasteiger partial charge in [-0.25, -0.2) is 0 Å². The fourth-order valence-electron chi connectivity index (χ4n) is 2.23. The molecule has 2 N–H and O–H groups in total. The predicted octanol–water partition coefficient (Wildman–Crippen LogP) is 3.73. The summed E-state index contributed by atoms with van der Waals surface area (Å²) >= 11 is 2.04. The molecule has 1 saturated heterocycles. The van der Waals surface area contributed by atoms with Crippen molar-refractivity contribution in [2.45, 2.75) is 44.4 Å². The van der Waals surface area contributed by atoms with Gasteiger partial charge in [-0.1, -0.05) is 13.8 Å². The smallest absolute Gasteiger partial charge is 0.224 e. The third-order valence-corrected chi connectivity index (χ3v) is 4.83. The van der Waals surface area contributed by atoms with Gasteiger partial charge in [0.05, 0.1) is 0 Å². The molecule has 1 heterocycles. The van der Waals surface area contributed by atoms with E-state index in [9.17, 15) is 4.79 Å². The van der Waals surface area contributed by atoms with E-state index in [-0.39, 0.29) is 5.91 Å². The Balaban J connectivity index is 1.92. The lowest BCUT2D eigenvalue weighted by molar-refractivity contribution is -0.115. The first kappa shape index (κ1) is 14.3. The van der Waals surface area contributed by atoms with Gasteiger partial charge in [-0.15, -0.1) is 0 Å². The van der Waals surface area contributed by atoms with Crippen LogP contribution < -0.4 is 10.6 Å². The summed E-state index contributed by atoms with van der Waals surface area (Å²) in [5.41, 5.74) is 2.00. The van der Waals surface area contributed by atoms with Gasteiger partial charge in [-0.3, -0.25) is 4.79 Å². The van der Waals surface area contributed by atoms with Gasteiger partial charge in [0.2, 0.25) is 5.91 Å². The molecule has 19 heavy (non-hydrogen) atoms. The van der Waals surface area contributed by atoms with Crippen LogP contribution in [0.5, 0.6) is 0 Å². The number of hydrogen-bond acceptors (Lipinski definition) is 3. The highest BCUT2D eigenvalue weighted by Gasteiger charge is 2.21. The van der Waals surface area contributed by atoms with Crippen molar-refractivity contribution in [1.29, 1.82) is 0 Å². The summed E-state index contributed by atoms with van der Waals surface area (Å²) in [5, 5.41) is 7.11. The van der Waals surface area contributed by atoms with Crippen LogP contribution in [0.3, 0.4) is 0 Å². The van der Waals surface area contributed by atoms with E-state index in [2.05, 4.69) is 17.6 Å². The third kappa shape index (κ3) is 4.16. The fraction of sp³-hybridized carbons (Fsp3) is 0.533. The maximum atomic E-state index is 11.3. The standard InChI is InChI=1S/C15H22N2OS/c1-3-15(18)17-13-8-6-12(7-9-13)16-14-5-4-10-19-11(14)2/h6-9,11,14,16H,3-5,10H2,1-2H3,(H,17,18). The average molecular weight is 278 g/mol. The Morgan fingerprint density at radius 2 is 2.00 bits per heavy atom. The molecule has 0 bridgehead atoms. The molecule has 0 aromatic heterocycles. The first-order chi connectivity index (χ1) is 9.19. The number of thioether (sulfide) groups is 1. The molecule has 0 radical (unpaired) electrons. The molecular weight excluding hydrogens is 256 g/mol. The first-order valence-electron chi connectivity index (χ1n) is 6.97. The molecule has 0 spiro atoms. The number of carbonyl (C=O) groups is 1. The Bertz CT molecular complexity index is 419. The molecule has 1 aromatic rings. The molecule has 1 aliphatic rings. The molecule has 2 rings (SSSR count). The molecule has 2 unspecified atom stereocenters. The zero-order valence-corrected chi connectivity index (χ0v) is 12.4. The van der Waals surface area contributed by atoms with E-state index in [1.54, 1.807) is 0 Å². The summed E-state index contributed by atoms with van der Waals surface area (Å²) in [7, 11) is 0. The number of benzene rings is 1. The van der Waals surface area contributed by atoms with Crippen LogP contribution in [0.15, 0.2) is 24.3 Å². The van der Waals surface area contributed by atoms with Crippen LogP contribution in [0.1, 0.15) is 33.1 Å². The second-order valence-electron chi connectivity index (χ2n) is 4.95. The second-order valence-corrected chi connectivity index (χ2v) is 6.43. The highest BCUT2D eigenvalue weighted by molar-refractivity contribution is 8.00. The molecule has 2 atom stereocenters. The summed E-state index contributed by atoms with van der Waals surface area (Å²) in [6, 6.07) is 8.54. The molecule has 104 valence electrons. The van der Waals surface area contributed by atoms with Gasteiger partial charge in [-0.05, 0) is 42.9 Å². The fourth-order valence-corrected chi connectivity index (χ4v) is 3.37. The van der Waals surface area contributed by atoms with Crippen LogP contribution in [-0.4, -0.2) is 23.0 Å². The minimum absolute atomic E-state index is 0.0537. The highest BCUT2D eigenvalue weighted by Crippen LogP contribution is 2.28. The number of rotatable bonds is 4. The van der Waals surface area contributed by atoms with Crippen molar-refractivity contribution in [3.63, 3.8) is 0 Å². The van der Waals surface area contributed by atoms with Gasteiger partial charge >= 0.3 is 0 Å². The molecule has 1 fully saturated rings. The van der Waals surface area contributed by atoms with Crippen LogP contribution in [0.4, 0.5) is 11.4 Å². The van der Waals surface area contributed by atoms with Gasteiger partial charge in [0.1, 0.15) is 0 Å². The van der Waals surface area contributed by atoms with Crippen molar-refractivity contribution >= 4 is 29.0 Å². The number of carbonyl (C=O) groups excluding carboxylic acids is 1. The lowest BCUT2D eigenvalue weighted by Crippen LogP contribution is -2.32. The van der Waals surface area contributed by atoms with E-state index in [1.165, 1.54) is 18.6 Å². The largest absolute Gasteiger partial charge is 0.381 e. The van der Waals surface area contributed by atoms with Crippen molar-refractivity contribution < 1.29 is 4.79 Å². The van der Waals surface area contributed by atoms with Crippen molar-refractivity contribution in [2.75, 3.05) is 16.4 Å². The van der Waals surface area contributed by atoms with E-state index in [0.717, 1.165) is 11.4 Å². The van der Waals surface area contributed by atoms with Crippen LogP contribution in [0.25, 0.3) is 0 Å². The van der Waals surface area contributed by atoms with Gasteiger partial charge in [0.25, 0.3) is 0 Å². The van der Waals surface area contributed by atoms with E-state index in [1.807, 2.05) is 43.0 Å². The Hall–Kier alpha value is -1.16. The summed E-state index contributed by atoms with van der Waals surface area (Å²) in [6.45, 7) is 4.14. The zero-order chi connectivity index (χ0) is 13.7. The maximum absolute atomic E-state index is 11.3. The van der Waals surface area contributed by atoms with Crippen molar-refractivity contribution in [1.82, 2.24) is 0 Å². The molecule has 3 nitrogen and oxygen atoms in total. The van der Waals surface area contributed by atoms with E-state index >= 15 is 0 Å². The summed E-state index contributed by atoms with van der Waals surface area (Å²) in [6.07, 6.45) is 3.04. The maximum Gasteiger partial charge on any atom is 0.224 e. The SMILES string of the molecule is CCC(=O)Nc1ccc(NC2CCCSC2C)cc1. The summed E-state index contributed by atoms with van der Waals surface area (Å²) < 4.78 is 0. The van der Waals surface area contributed by atoms with Gasteiger partial charge in [-0.2, -0.15) is 11.8 Å². The van der Waals surface area contributed by atoms with Crippen molar-refractivity contribution in [2.24, 2.45) is 0 Å². The van der Waals surface area contributed by atoms with Crippen LogP contribution in [0, 0.1) is 0 Å². The monoisotopic (exact) mass is 278 g/mol. The Labute approximate surface area is 119 Å². The Morgan fingerprint density at radius 3 is 2.63 bits per heavy atom. The Kier molecular flexibility index (Phi) is 5.14. The minimum atomic E-state index is 0.0537. The van der Waals surface area contributed by atoms with Crippen LogP contribution in [0.2, 0.25) is 0 Å². The van der Waals surface area contributed by atoms with Crippen LogP contribution in [-0.2, 0) is 4.79 Å². The molecule has 1 aromatic carbocycles. The zero-order valence-electron chi connectivity index (χ0n) is 11.6. The molecular formula is C15H22N2OS. The van der Waals surface area contributed by atoms with Crippen molar-refractivity contribution in [3.8, 4) is 0 Å².